The van der Waals surface area contributed by atoms with Gasteiger partial charge in [0.2, 0.25) is 0 Å². The lowest BCUT2D eigenvalue weighted by molar-refractivity contribution is 0.209. The van der Waals surface area contributed by atoms with Gasteiger partial charge in [-0.05, 0) is 24.3 Å². The van der Waals surface area contributed by atoms with Gasteiger partial charge in [-0.3, -0.25) is 5.32 Å². The van der Waals surface area contributed by atoms with Gasteiger partial charge in [0, 0.05) is 0 Å². The third kappa shape index (κ3) is 2.11. The van der Waals surface area contributed by atoms with Crippen LogP contribution in [0.3, 0.4) is 0 Å². The van der Waals surface area contributed by atoms with Gasteiger partial charge in [0.15, 0.2) is 11.6 Å². The third-order valence-corrected chi connectivity index (χ3v) is 1.72. The van der Waals surface area contributed by atoms with E-state index in [0.717, 1.165) is 0 Å². The highest BCUT2D eigenvalue weighted by molar-refractivity contribution is 5.82. The molecule has 2 aromatic rings. The first kappa shape index (κ1) is 10.0. The molecule has 0 aromatic carbocycles. The molecule has 0 bridgehead atoms. The molecule has 8 nitrogen and oxygen atoms in total. The molecular weight excluding hydrogens is 212 g/mol. The van der Waals surface area contributed by atoms with Crippen molar-refractivity contribution < 1.29 is 9.90 Å². The van der Waals surface area contributed by atoms with Crippen molar-refractivity contribution in [2.24, 2.45) is 0 Å². The van der Waals surface area contributed by atoms with Crippen molar-refractivity contribution >= 4 is 11.8 Å². The Morgan fingerprint density at radius 2 is 2.31 bits per heavy atom. The van der Waals surface area contributed by atoms with Gasteiger partial charge in [0.05, 0.1) is 11.9 Å². The quantitative estimate of drug-likeness (QED) is 0.761. The average molecular weight is 220 g/mol. The maximum atomic E-state index is 10.3. The number of amides is 1. The molecule has 0 spiro atoms. The molecule has 2 N–H and O–H groups in total. The number of rotatable bonds is 2. The summed E-state index contributed by atoms with van der Waals surface area (Å²) in [4.78, 5) is 15.6. The van der Waals surface area contributed by atoms with Crippen LogP contribution < -0.4 is 5.32 Å². The van der Waals surface area contributed by atoms with E-state index in [1.165, 1.54) is 11.0 Å². The minimum Gasteiger partial charge on any atom is -0.465 e. The maximum Gasteiger partial charge on any atom is 0.409 e. The summed E-state index contributed by atoms with van der Waals surface area (Å²) >= 11 is 0. The molecule has 0 aliphatic heterocycles. The van der Waals surface area contributed by atoms with Crippen molar-refractivity contribution in [1.82, 2.24) is 25.2 Å². The van der Waals surface area contributed by atoms with Crippen molar-refractivity contribution in [3.8, 4) is 5.82 Å². The number of anilines is 1. The number of hydrogen-bond acceptors (Lipinski definition) is 5. The summed E-state index contributed by atoms with van der Waals surface area (Å²) in [6.45, 7) is 1.71. The summed E-state index contributed by atoms with van der Waals surface area (Å²) in [5, 5.41) is 22.1. The van der Waals surface area contributed by atoms with Gasteiger partial charge in [-0.2, -0.15) is 0 Å². The van der Waals surface area contributed by atoms with Crippen LogP contribution in [0.4, 0.5) is 10.5 Å². The Bertz CT molecular complexity index is 506. The van der Waals surface area contributed by atoms with Crippen molar-refractivity contribution in [3.63, 3.8) is 0 Å². The van der Waals surface area contributed by atoms with Crippen LogP contribution in [0.2, 0.25) is 0 Å². The minimum atomic E-state index is -1.13. The van der Waals surface area contributed by atoms with Gasteiger partial charge in [-0.1, -0.05) is 0 Å². The molecule has 0 saturated heterocycles. The normalized spacial score (nSPS) is 10.1. The fourth-order valence-electron chi connectivity index (χ4n) is 1.08. The second kappa shape index (κ2) is 3.93. The average Bonchev–Trinajstić information content (AvgIpc) is 2.65. The smallest absolute Gasteiger partial charge is 0.409 e. The molecule has 0 aliphatic rings. The molecule has 0 fully saturated rings. The fourth-order valence-corrected chi connectivity index (χ4v) is 1.08. The number of tetrazole rings is 1. The minimum absolute atomic E-state index is 0.382. The van der Waals surface area contributed by atoms with E-state index in [9.17, 15) is 4.79 Å². The van der Waals surface area contributed by atoms with Crippen LogP contribution in [0.1, 0.15) is 5.82 Å². The van der Waals surface area contributed by atoms with Gasteiger partial charge >= 0.3 is 6.09 Å². The zero-order valence-corrected chi connectivity index (χ0v) is 8.32. The van der Waals surface area contributed by atoms with E-state index in [2.05, 4.69) is 25.7 Å². The summed E-state index contributed by atoms with van der Waals surface area (Å²) in [7, 11) is 0. The maximum absolute atomic E-state index is 10.3. The predicted octanol–water partition coefficient (Wildman–Crippen LogP) is 0.456. The Labute approximate surface area is 89.9 Å². The highest BCUT2D eigenvalue weighted by Crippen LogP contribution is 2.07. The van der Waals surface area contributed by atoms with E-state index in [4.69, 9.17) is 5.11 Å². The lowest BCUT2D eigenvalue weighted by Crippen LogP contribution is -2.08. The summed E-state index contributed by atoms with van der Waals surface area (Å²) in [5.74, 6) is 1.01. The first-order chi connectivity index (χ1) is 7.65. The second-order valence-corrected chi connectivity index (χ2v) is 2.96. The second-order valence-electron chi connectivity index (χ2n) is 2.96. The number of nitrogens with one attached hydrogen (secondary N) is 1. The van der Waals surface area contributed by atoms with Crippen molar-refractivity contribution in [1.29, 1.82) is 0 Å². The Morgan fingerprint density at radius 3 is 2.81 bits per heavy atom. The number of carbonyl (C=O) groups is 1. The molecule has 2 aromatic heterocycles. The molecule has 8 heteroatoms. The first-order valence-electron chi connectivity index (χ1n) is 4.38. The Balaban J connectivity index is 2.22. The zero-order valence-electron chi connectivity index (χ0n) is 8.32. The van der Waals surface area contributed by atoms with Crippen LogP contribution in [-0.4, -0.2) is 36.4 Å². The number of nitrogens with zero attached hydrogens (tertiary/aromatic N) is 5. The van der Waals surface area contributed by atoms with Crippen LogP contribution in [-0.2, 0) is 0 Å². The van der Waals surface area contributed by atoms with E-state index >= 15 is 0 Å². The number of aryl methyl sites for hydroxylation is 1. The van der Waals surface area contributed by atoms with Crippen LogP contribution in [0.5, 0.6) is 0 Å². The van der Waals surface area contributed by atoms with Gasteiger partial charge in [-0.25, -0.2) is 9.78 Å². The van der Waals surface area contributed by atoms with E-state index < -0.39 is 6.09 Å². The largest absolute Gasteiger partial charge is 0.465 e. The lowest BCUT2D eigenvalue weighted by Gasteiger charge is -2.00. The molecular formula is C8H8N6O2. The first-order valence-corrected chi connectivity index (χ1v) is 4.38. The predicted molar refractivity (Wildman–Crippen MR) is 53.3 cm³/mol. The standard InChI is InChI=1S/C8H8N6O2/c1-5-11-13-14(12-5)7-3-2-6(4-9-7)10-8(15)16/h2-4,10H,1H3,(H,15,16). The van der Waals surface area contributed by atoms with E-state index in [1.807, 2.05) is 0 Å². The molecule has 1 amide bonds. The lowest BCUT2D eigenvalue weighted by atomic mass is 10.4. The van der Waals surface area contributed by atoms with Crippen molar-refractivity contribution in [3.05, 3.63) is 24.2 Å². The highest BCUT2D eigenvalue weighted by Gasteiger charge is 2.03. The Kier molecular flexibility index (Phi) is 2.46. The SMILES string of the molecule is Cc1nnn(-c2ccc(NC(=O)O)cn2)n1. The van der Waals surface area contributed by atoms with Gasteiger partial charge in [0.1, 0.15) is 0 Å². The monoisotopic (exact) mass is 220 g/mol. The Hall–Kier alpha value is -2.51. The van der Waals surface area contributed by atoms with E-state index in [-0.39, 0.29) is 0 Å². The zero-order chi connectivity index (χ0) is 11.5. The topological polar surface area (TPSA) is 106 Å². The molecule has 0 unspecified atom stereocenters. The van der Waals surface area contributed by atoms with E-state index in [0.29, 0.717) is 17.3 Å². The van der Waals surface area contributed by atoms with Crippen LogP contribution in [0.15, 0.2) is 18.3 Å². The van der Waals surface area contributed by atoms with Crippen LogP contribution >= 0.6 is 0 Å². The molecule has 2 heterocycles. The number of hydrogen-bond donors (Lipinski definition) is 2. The number of aromatic nitrogens is 5. The molecule has 0 atom stereocenters. The van der Waals surface area contributed by atoms with E-state index in [1.54, 1.807) is 19.1 Å². The summed E-state index contributed by atoms with van der Waals surface area (Å²) in [6, 6.07) is 3.15. The van der Waals surface area contributed by atoms with Crippen LogP contribution in [0.25, 0.3) is 5.82 Å². The summed E-state index contributed by atoms with van der Waals surface area (Å²) < 4.78 is 0. The third-order valence-electron chi connectivity index (χ3n) is 1.72. The molecule has 0 radical (unpaired) electrons. The van der Waals surface area contributed by atoms with Crippen LogP contribution in [0, 0.1) is 6.92 Å². The molecule has 0 saturated carbocycles. The molecule has 82 valence electrons. The molecule has 16 heavy (non-hydrogen) atoms. The number of carboxylic acid groups (broad SMARTS) is 1. The summed E-state index contributed by atoms with van der Waals surface area (Å²) in [6.07, 6.45) is 0.242. The fraction of sp³-hybridized carbons (Fsp3) is 0.125. The molecule has 0 aliphatic carbocycles. The van der Waals surface area contributed by atoms with Crippen molar-refractivity contribution in [2.45, 2.75) is 6.92 Å². The van der Waals surface area contributed by atoms with Gasteiger partial charge < -0.3 is 5.11 Å². The summed E-state index contributed by atoms with van der Waals surface area (Å²) in [5.41, 5.74) is 0.382. The number of pyridine rings is 1. The van der Waals surface area contributed by atoms with Gasteiger partial charge in [-0.15, -0.1) is 15.0 Å². The highest BCUT2D eigenvalue weighted by atomic mass is 16.4. The van der Waals surface area contributed by atoms with Crippen molar-refractivity contribution in [2.75, 3.05) is 5.32 Å². The van der Waals surface area contributed by atoms with Gasteiger partial charge in [0.25, 0.3) is 0 Å². The Morgan fingerprint density at radius 1 is 1.50 bits per heavy atom. The molecule has 2 rings (SSSR count).